The van der Waals surface area contributed by atoms with E-state index in [4.69, 9.17) is 0 Å². The Bertz CT molecular complexity index is 270. The third-order valence-electron chi connectivity index (χ3n) is 2.10. The Morgan fingerprint density at radius 2 is 2.14 bits per heavy atom. The van der Waals surface area contributed by atoms with Gasteiger partial charge in [0.25, 0.3) is 0 Å². The molecule has 14 heavy (non-hydrogen) atoms. The number of aryl methyl sites for hydroxylation is 1. The molecular weight excluding hydrogens is 260 g/mol. The van der Waals surface area contributed by atoms with Crippen LogP contribution in [0.1, 0.15) is 31.6 Å². The van der Waals surface area contributed by atoms with E-state index >= 15 is 0 Å². The summed E-state index contributed by atoms with van der Waals surface area (Å²) in [5.74, 6) is 0.583. The third kappa shape index (κ3) is 4.58. The number of halogens is 1. The third-order valence-corrected chi connectivity index (χ3v) is 3.78. The average Bonchev–Trinajstić information content (AvgIpc) is 2.47. The van der Waals surface area contributed by atoms with Gasteiger partial charge in [-0.05, 0) is 53.2 Å². The maximum absolute atomic E-state index is 9.68. The van der Waals surface area contributed by atoms with Gasteiger partial charge in [-0.25, -0.2) is 0 Å². The van der Waals surface area contributed by atoms with Gasteiger partial charge in [0.1, 0.15) is 0 Å². The molecule has 0 amide bonds. The van der Waals surface area contributed by atoms with Gasteiger partial charge in [0.2, 0.25) is 0 Å². The molecule has 0 bridgehead atoms. The molecule has 1 atom stereocenters. The van der Waals surface area contributed by atoms with Crippen molar-refractivity contribution in [3.8, 4) is 0 Å². The highest BCUT2D eigenvalue weighted by Crippen LogP contribution is 2.23. The van der Waals surface area contributed by atoms with Crippen molar-refractivity contribution in [1.82, 2.24) is 0 Å². The molecule has 0 aliphatic carbocycles. The van der Waals surface area contributed by atoms with Crippen molar-refractivity contribution < 1.29 is 5.11 Å². The molecule has 80 valence electrons. The Morgan fingerprint density at radius 3 is 2.64 bits per heavy atom. The average molecular weight is 277 g/mol. The zero-order valence-electron chi connectivity index (χ0n) is 8.66. The standard InChI is InChI=1S/C11H17BrOS/c1-8(2)7-9(13)3-4-10-5-6-11(12)14-10/h5-6,8-9,13H,3-4,7H2,1-2H3. The van der Waals surface area contributed by atoms with E-state index in [1.165, 1.54) is 8.66 Å². The Kier molecular flexibility index (Phi) is 5.13. The van der Waals surface area contributed by atoms with Crippen LogP contribution in [0.2, 0.25) is 0 Å². The quantitative estimate of drug-likeness (QED) is 0.866. The van der Waals surface area contributed by atoms with Crippen LogP contribution in [-0.2, 0) is 6.42 Å². The second-order valence-electron chi connectivity index (χ2n) is 4.03. The predicted molar refractivity (Wildman–Crippen MR) is 65.8 cm³/mol. The molecule has 1 unspecified atom stereocenters. The number of aliphatic hydroxyl groups is 1. The molecule has 0 aromatic carbocycles. The highest BCUT2D eigenvalue weighted by molar-refractivity contribution is 9.11. The smallest absolute Gasteiger partial charge is 0.0701 e. The van der Waals surface area contributed by atoms with Gasteiger partial charge in [0, 0.05) is 4.88 Å². The highest BCUT2D eigenvalue weighted by atomic mass is 79.9. The second kappa shape index (κ2) is 5.89. The Balaban J connectivity index is 2.26. The van der Waals surface area contributed by atoms with Gasteiger partial charge in [-0.3, -0.25) is 0 Å². The van der Waals surface area contributed by atoms with Gasteiger partial charge in [-0.1, -0.05) is 13.8 Å². The van der Waals surface area contributed by atoms with Crippen LogP contribution in [0, 0.1) is 5.92 Å². The molecule has 1 rings (SSSR count). The zero-order valence-corrected chi connectivity index (χ0v) is 11.1. The monoisotopic (exact) mass is 276 g/mol. The number of thiophene rings is 1. The van der Waals surface area contributed by atoms with Crippen molar-refractivity contribution in [3.05, 3.63) is 20.8 Å². The van der Waals surface area contributed by atoms with Crippen molar-refractivity contribution >= 4 is 27.3 Å². The summed E-state index contributed by atoms with van der Waals surface area (Å²) >= 11 is 5.19. The first kappa shape index (κ1) is 12.2. The fourth-order valence-corrected chi connectivity index (χ4v) is 2.96. The summed E-state index contributed by atoms with van der Waals surface area (Å²) in [6.07, 6.45) is 2.64. The minimum absolute atomic E-state index is 0.143. The van der Waals surface area contributed by atoms with Crippen LogP contribution in [-0.4, -0.2) is 11.2 Å². The van der Waals surface area contributed by atoms with E-state index in [1.54, 1.807) is 11.3 Å². The van der Waals surface area contributed by atoms with Gasteiger partial charge < -0.3 is 5.11 Å². The summed E-state index contributed by atoms with van der Waals surface area (Å²) < 4.78 is 1.17. The van der Waals surface area contributed by atoms with Crippen molar-refractivity contribution in [1.29, 1.82) is 0 Å². The molecule has 1 heterocycles. The van der Waals surface area contributed by atoms with Crippen molar-refractivity contribution in [2.75, 3.05) is 0 Å². The molecular formula is C11H17BrOS. The van der Waals surface area contributed by atoms with E-state index in [9.17, 15) is 5.11 Å². The number of rotatable bonds is 5. The van der Waals surface area contributed by atoms with Crippen LogP contribution < -0.4 is 0 Å². The molecule has 0 saturated heterocycles. The lowest BCUT2D eigenvalue weighted by molar-refractivity contribution is 0.140. The Labute approximate surface area is 98.3 Å². The summed E-state index contributed by atoms with van der Waals surface area (Å²) in [6.45, 7) is 4.29. The molecule has 0 aliphatic heterocycles. The lowest BCUT2D eigenvalue weighted by Crippen LogP contribution is -2.10. The van der Waals surface area contributed by atoms with E-state index in [2.05, 4.69) is 41.9 Å². The Hall–Kier alpha value is 0.140. The maximum atomic E-state index is 9.68. The van der Waals surface area contributed by atoms with E-state index in [1.807, 2.05) is 0 Å². The van der Waals surface area contributed by atoms with Gasteiger partial charge >= 0.3 is 0 Å². The van der Waals surface area contributed by atoms with E-state index in [0.717, 1.165) is 19.3 Å². The van der Waals surface area contributed by atoms with Gasteiger partial charge in [0.15, 0.2) is 0 Å². The lowest BCUT2D eigenvalue weighted by Gasteiger charge is -2.11. The molecule has 0 aliphatic rings. The van der Waals surface area contributed by atoms with Crippen molar-refractivity contribution in [2.24, 2.45) is 5.92 Å². The number of hydrogen-bond acceptors (Lipinski definition) is 2. The van der Waals surface area contributed by atoms with Gasteiger partial charge in [-0.15, -0.1) is 11.3 Å². The first-order valence-corrected chi connectivity index (χ1v) is 6.61. The maximum Gasteiger partial charge on any atom is 0.0701 e. The molecule has 1 nitrogen and oxygen atoms in total. The number of aliphatic hydroxyl groups excluding tert-OH is 1. The first-order chi connectivity index (χ1) is 6.58. The zero-order chi connectivity index (χ0) is 10.6. The SMILES string of the molecule is CC(C)CC(O)CCc1ccc(Br)s1. The number of hydrogen-bond donors (Lipinski definition) is 1. The summed E-state index contributed by atoms with van der Waals surface area (Å²) in [6, 6.07) is 4.19. The van der Waals surface area contributed by atoms with Crippen LogP contribution in [0.4, 0.5) is 0 Å². The predicted octanol–water partition coefficient (Wildman–Crippen LogP) is 3.85. The second-order valence-corrected chi connectivity index (χ2v) is 6.58. The largest absolute Gasteiger partial charge is 0.393 e. The fourth-order valence-electron chi connectivity index (χ4n) is 1.46. The molecule has 1 aromatic heterocycles. The van der Waals surface area contributed by atoms with E-state index < -0.39 is 0 Å². The molecule has 0 radical (unpaired) electrons. The molecule has 0 saturated carbocycles. The fraction of sp³-hybridized carbons (Fsp3) is 0.636. The summed E-state index contributed by atoms with van der Waals surface area (Å²) in [5, 5.41) is 9.68. The summed E-state index contributed by atoms with van der Waals surface area (Å²) in [7, 11) is 0. The topological polar surface area (TPSA) is 20.2 Å². The van der Waals surface area contributed by atoms with Crippen LogP contribution in [0.3, 0.4) is 0 Å². The van der Waals surface area contributed by atoms with Crippen LogP contribution in [0.25, 0.3) is 0 Å². The minimum Gasteiger partial charge on any atom is -0.393 e. The molecule has 0 fully saturated rings. The highest BCUT2D eigenvalue weighted by Gasteiger charge is 2.07. The van der Waals surface area contributed by atoms with Gasteiger partial charge in [0.05, 0.1) is 9.89 Å². The minimum atomic E-state index is -0.143. The van der Waals surface area contributed by atoms with Crippen molar-refractivity contribution in [3.63, 3.8) is 0 Å². The van der Waals surface area contributed by atoms with E-state index in [0.29, 0.717) is 5.92 Å². The molecule has 1 N–H and O–H groups in total. The summed E-state index contributed by atoms with van der Waals surface area (Å²) in [4.78, 5) is 1.35. The molecule has 1 aromatic rings. The normalized spacial score (nSPS) is 13.5. The first-order valence-electron chi connectivity index (χ1n) is 5.00. The van der Waals surface area contributed by atoms with E-state index in [-0.39, 0.29) is 6.10 Å². The van der Waals surface area contributed by atoms with Crippen LogP contribution >= 0.6 is 27.3 Å². The Morgan fingerprint density at radius 1 is 1.43 bits per heavy atom. The van der Waals surface area contributed by atoms with Crippen molar-refractivity contribution in [2.45, 2.75) is 39.2 Å². The molecule has 0 spiro atoms. The molecule has 3 heteroatoms. The van der Waals surface area contributed by atoms with Crippen LogP contribution in [0.5, 0.6) is 0 Å². The summed E-state index contributed by atoms with van der Waals surface area (Å²) in [5.41, 5.74) is 0. The lowest BCUT2D eigenvalue weighted by atomic mass is 10.0. The van der Waals surface area contributed by atoms with Crippen LogP contribution in [0.15, 0.2) is 15.9 Å². The van der Waals surface area contributed by atoms with Gasteiger partial charge in [-0.2, -0.15) is 0 Å².